The zero-order valence-corrected chi connectivity index (χ0v) is 11.0. The molecule has 0 spiro atoms. The molecule has 2 aliphatic rings. The van der Waals surface area contributed by atoms with Gasteiger partial charge in [0, 0.05) is 24.7 Å². The number of rotatable bonds is 6. The zero-order valence-electron chi connectivity index (χ0n) is 11.0. The van der Waals surface area contributed by atoms with Gasteiger partial charge in [-0.1, -0.05) is 0 Å². The van der Waals surface area contributed by atoms with Crippen LogP contribution in [0.1, 0.15) is 36.0 Å². The summed E-state index contributed by atoms with van der Waals surface area (Å²) in [6, 6.07) is 4.54. The highest BCUT2D eigenvalue weighted by molar-refractivity contribution is 5.95. The maximum absolute atomic E-state index is 11.4. The van der Waals surface area contributed by atoms with Crippen LogP contribution in [-0.4, -0.2) is 28.6 Å². The second-order valence-electron chi connectivity index (χ2n) is 5.59. The summed E-state index contributed by atoms with van der Waals surface area (Å²) in [7, 11) is 0. The molecule has 0 saturated heterocycles. The summed E-state index contributed by atoms with van der Waals surface area (Å²) in [5, 5.41) is 20.1. The molecule has 0 aliphatic heterocycles. The predicted molar refractivity (Wildman–Crippen MR) is 73.1 cm³/mol. The molecule has 0 atom stereocenters. The van der Waals surface area contributed by atoms with E-state index >= 15 is 0 Å². The largest absolute Gasteiger partial charge is 0.478 e. The maximum atomic E-state index is 11.4. The van der Waals surface area contributed by atoms with Crippen LogP contribution in [-0.2, 0) is 0 Å². The number of nitrogens with zero attached hydrogens (tertiary/aromatic N) is 2. The number of nitro groups is 1. The van der Waals surface area contributed by atoms with Crippen LogP contribution in [0.2, 0.25) is 0 Å². The van der Waals surface area contributed by atoms with E-state index in [1.54, 1.807) is 6.07 Å². The molecule has 1 aromatic rings. The monoisotopic (exact) mass is 276 g/mol. The summed E-state index contributed by atoms with van der Waals surface area (Å²) in [5.41, 5.74) is 0.484. The SMILES string of the molecule is O=C(O)c1cc([N+](=O)[O-])ccc1N(CC1CC1)C1CC1. The van der Waals surface area contributed by atoms with E-state index in [0.29, 0.717) is 17.6 Å². The van der Waals surface area contributed by atoms with Crippen molar-refractivity contribution in [1.29, 1.82) is 0 Å². The molecule has 0 amide bonds. The van der Waals surface area contributed by atoms with Gasteiger partial charge in [-0.3, -0.25) is 10.1 Å². The van der Waals surface area contributed by atoms with Crippen molar-refractivity contribution in [2.45, 2.75) is 31.7 Å². The molecule has 2 fully saturated rings. The van der Waals surface area contributed by atoms with E-state index in [4.69, 9.17) is 0 Å². The van der Waals surface area contributed by atoms with E-state index in [1.165, 1.54) is 25.0 Å². The summed E-state index contributed by atoms with van der Waals surface area (Å²) >= 11 is 0. The lowest BCUT2D eigenvalue weighted by molar-refractivity contribution is -0.384. The summed E-state index contributed by atoms with van der Waals surface area (Å²) in [6.07, 6.45) is 4.53. The van der Waals surface area contributed by atoms with Gasteiger partial charge in [0.2, 0.25) is 0 Å². The Morgan fingerprint density at radius 1 is 1.35 bits per heavy atom. The number of hydrogen-bond acceptors (Lipinski definition) is 4. The van der Waals surface area contributed by atoms with Gasteiger partial charge in [0.15, 0.2) is 0 Å². The van der Waals surface area contributed by atoms with E-state index in [2.05, 4.69) is 4.90 Å². The van der Waals surface area contributed by atoms with Crippen LogP contribution in [0.15, 0.2) is 18.2 Å². The highest BCUT2D eigenvalue weighted by Gasteiger charge is 2.35. The van der Waals surface area contributed by atoms with Crippen LogP contribution in [0, 0.1) is 16.0 Å². The molecular formula is C14H16N2O4. The first-order chi connectivity index (χ1) is 9.56. The molecule has 20 heavy (non-hydrogen) atoms. The fourth-order valence-corrected chi connectivity index (χ4v) is 2.47. The third kappa shape index (κ3) is 2.59. The van der Waals surface area contributed by atoms with Gasteiger partial charge in [-0.2, -0.15) is 0 Å². The van der Waals surface area contributed by atoms with Crippen molar-refractivity contribution in [2.75, 3.05) is 11.4 Å². The number of hydrogen-bond donors (Lipinski definition) is 1. The second-order valence-corrected chi connectivity index (χ2v) is 5.59. The van der Waals surface area contributed by atoms with Gasteiger partial charge in [0.25, 0.3) is 5.69 Å². The van der Waals surface area contributed by atoms with Crippen LogP contribution in [0.3, 0.4) is 0 Å². The van der Waals surface area contributed by atoms with Crippen molar-refractivity contribution in [2.24, 2.45) is 5.92 Å². The number of nitro benzene ring substituents is 1. The number of aromatic carboxylic acids is 1. The molecule has 1 aromatic carbocycles. The lowest BCUT2D eigenvalue weighted by Gasteiger charge is -2.26. The molecule has 2 aliphatic carbocycles. The van der Waals surface area contributed by atoms with Gasteiger partial charge in [0.1, 0.15) is 0 Å². The first-order valence-electron chi connectivity index (χ1n) is 6.84. The predicted octanol–water partition coefficient (Wildman–Crippen LogP) is 2.67. The number of anilines is 1. The van der Waals surface area contributed by atoms with E-state index in [9.17, 15) is 20.0 Å². The Bertz CT molecular complexity index is 564. The summed E-state index contributed by atoms with van der Waals surface area (Å²) in [4.78, 5) is 23.8. The number of benzene rings is 1. The van der Waals surface area contributed by atoms with Crippen molar-refractivity contribution in [3.8, 4) is 0 Å². The lowest BCUT2D eigenvalue weighted by Crippen LogP contribution is -2.29. The number of carbonyl (C=O) groups is 1. The van der Waals surface area contributed by atoms with Gasteiger partial charge in [-0.25, -0.2) is 4.79 Å². The molecule has 3 rings (SSSR count). The quantitative estimate of drug-likeness (QED) is 0.638. The Balaban J connectivity index is 1.96. The van der Waals surface area contributed by atoms with E-state index in [1.807, 2.05) is 0 Å². The summed E-state index contributed by atoms with van der Waals surface area (Å²) in [6.45, 7) is 0.864. The van der Waals surface area contributed by atoms with Crippen LogP contribution in [0.5, 0.6) is 0 Å². The first kappa shape index (κ1) is 12.9. The third-order valence-corrected chi connectivity index (χ3v) is 3.87. The Labute approximate surface area is 116 Å². The van der Waals surface area contributed by atoms with Crippen LogP contribution in [0.4, 0.5) is 11.4 Å². The molecule has 6 nitrogen and oxygen atoms in total. The van der Waals surface area contributed by atoms with Crippen molar-refractivity contribution < 1.29 is 14.8 Å². The average molecular weight is 276 g/mol. The summed E-state index contributed by atoms with van der Waals surface area (Å²) < 4.78 is 0. The Kier molecular flexibility index (Phi) is 3.08. The molecule has 0 aromatic heterocycles. The zero-order chi connectivity index (χ0) is 14.3. The van der Waals surface area contributed by atoms with Crippen molar-refractivity contribution >= 4 is 17.3 Å². The Morgan fingerprint density at radius 3 is 2.55 bits per heavy atom. The molecule has 6 heteroatoms. The molecule has 0 heterocycles. The highest BCUT2D eigenvalue weighted by Crippen LogP contribution is 2.39. The topological polar surface area (TPSA) is 83.7 Å². The minimum atomic E-state index is -1.11. The van der Waals surface area contributed by atoms with Gasteiger partial charge in [-0.15, -0.1) is 0 Å². The van der Waals surface area contributed by atoms with E-state index in [-0.39, 0.29) is 11.3 Å². The lowest BCUT2D eigenvalue weighted by atomic mass is 10.1. The van der Waals surface area contributed by atoms with Crippen molar-refractivity contribution in [3.63, 3.8) is 0 Å². The fraction of sp³-hybridized carbons (Fsp3) is 0.500. The van der Waals surface area contributed by atoms with Crippen LogP contribution in [0.25, 0.3) is 0 Å². The molecule has 0 radical (unpaired) electrons. The molecule has 0 unspecified atom stereocenters. The van der Waals surface area contributed by atoms with E-state index < -0.39 is 10.9 Å². The van der Waals surface area contributed by atoms with Gasteiger partial charge >= 0.3 is 5.97 Å². The second kappa shape index (κ2) is 4.77. The van der Waals surface area contributed by atoms with Gasteiger partial charge in [0.05, 0.1) is 16.2 Å². The minimum absolute atomic E-state index is 0.0340. The highest BCUT2D eigenvalue weighted by atomic mass is 16.6. The smallest absolute Gasteiger partial charge is 0.338 e. The molecular weight excluding hydrogens is 260 g/mol. The number of carboxylic acids is 1. The van der Waals surface area contributed by atoms with Gasteiger partial charge in [-0.05, 0) is 37.7 Å². The van der Waals surface area contributed by atoms with E-state index in [0.717, 1.165) is 19.4 Å². The standard InChI is InChI=1S/C14H16N2O4/c17-14(18)12-7-11(16(19)20)5-6-13(12)15(10-3-4-10)8-9-1-2-9/h5-7,9-10H,1-4,8H2,(H,17,18). The normalized spacial score (nSPS) is 17.8. The summed E-state index contributed by atoms with van der Waals surface area (Å²) in [5.74, 6) is -0.461. The number of carboxylic acid groups (broad SMARTS) is 1. The van der Waals surface area contributed by atoms with Crippen molar-refractivity contribution in [1.82, 2.24) is 0 Å². The fourth-order valence-electron chi connectivity index (χ4n) is 2.47. The third-order valence-electron chi connectivity index (χ3n) is 3.87. The Hall–Kier alpha value is -2.11. The van der Waals surface area contributed by atoms with Crippen molar-refractivity contribution in [3.05, 3.63) is 33.9 Å². The molecule has 106 valence electrons. The van der Waals surface area contributed by atoms with Crippen LogP contribution < -0.4 is 4.90 Å². The molecule has 1 N–H and O–H groups in total. The Morgan fingerprint density at radius 2 is 2.05 bits per heavy atom. The molecule has 0 bridgehead atoms. The average Bonchev–Trinajstić information content (AvgIpc) is 3.26. The first-order valence-corrected chi connectivity index (χ1v) is 6.84. The maximum Gasteiger partial charge on any atom is 0.338 e. The van der Waals surface area contributed by atoms with Crippen LogP contribution >= 0.6 is 0 Å². The number of non-ortho nitro benzene ring substituents is 1. The minimum Gasteiger partial charge on any atom is -0.478 e. The molecule has 2 saturated carbocycles. The van der Waals surface area contributed by atoms with Gasteiger partial charge < -0.3 is 10.0 Å².